The summed E-state index contributed by atoms with van der Waals surface area (Å²) >= 11 is 0. The molecule has 182 valence electrons. The lowest BCUT2D eigenvalue weighted by molar-refractivity contribution is -0.0267. The number of hydrogen-bond acceptors (Lipinski definition) is 6. The summed E-state index contributed by atoms with van der Waals surface area (Å²) in [4.78, 5) is 19.3. The molecule has 8 nitrogen and oxygen atoms in total. The normalized spacial score (nSPS) is 25.8. The van der Waals surface area contributed by atoms with E-state index in [-0.39, 0.29) is 24.2 Å². The van der Waals surface area contributed by atoms with Gasteiger partial charge in [-0.25, -0.2) is 18.4 Å². The first-order chi connectivity index (χ1) is 16.5. The Bertz CT molecular complexity index is 1110. The highest BCUT2D eigenvalue weighted by molar-refractivity contribution is 5.28. The Kier molecular flexibility index (Phi) is 6.76. The van der Waals surface area contributed by atoms with Crippen LogP contribution in [0.5, 0.6) is 0 Å². The van der Waals surface area contributed by atoms with E-state index in [0.717, 1.165) is 32.1 Å². The third-order valence-corrected chi connectivity index (χ3v) is 7.22. The second-order valence-corrected chi connectivity index (χ2v) is 9.57. The van der Waals surface area contributed by atoms with Crippen molar-refractivity contribution in [3.05, 3.63) is 64.4 Å². The SMILES string of the molecule is Cc1nn(CC(O)CN2C3CCC2CC(OCC2=C(F)CCC=C2)C3)c(=O)n1-c1cccnc1. The number of nitrogens with zero attached hydrogens (tertiary/aromatic N) is 5. The fraction of sp³-hybridized carbons (Fsp3) is 0.560. The topological polar surface area (TPSA) is 85.4 Å². The van der Waals surface area contributed by atoms with Crippen LogP contribution in [0.25, 0.3) is 5.69 Å². The number of aromatic nitrogens is 4. The van der Waals surface area contributed by atoms with Gasteiger partial charge in [-0.1, -0.05) is 12.2 Å². The molecule has 2 saturated heterocycles. The molecule has 34 heavy (non-hydrogen) atoms. The fourth-order valence-electron chi connectivity index (χ4n) is 5.60. The van der Waals surface area contributed by atoms with Gasteiger partial charge in [-0.15, -0.1) is 0 Å². The van der Waals surface area contributed by atoms with Gasteiger partial charge in [0.2, 0.25) is 0 Å². The Morgan fingerprint density at radius 1 is 1.26 bits per heavy atom. The maximum Gasteiger partial charge on any atom is 0.350 e. The Morgan fingerprint density at radius 2 is 2.06 bits per heavy atom. The molecule has 0 spiro atoms. The van der Waals surface area contributed by atoms with E-state index in [4.69, 9.17) is 4.74 Å². The number of hydrogen-bond donors (Lipinski definition) is 1. The molecule has 3 aliphatic rings. The average molecular weight is 470 g/mol. The van der Waals surface area contributed by atoms with Crippen molar-refractivity contribution in [2.24, 2.45) is 0 Å². The van der Waals surface area contributed by atoms with Crippen LogP contribution in [0.4, 0.5) is 4.39 Å². The number of fused-ring (bicyclic) bond motifs is 2. The highest BCUT2D eigenvalue weighted by Gasteiger charge is 2.41. The molecule has 2 aromatic rings. The van der Waals surface area contributed by atoms with Crippen molar-refractivity contribution in [3.8, 4) is 5.69 Å². The van der Waals surface area contributed by atoms with Crippen molar-refractivity contribution < 1.29 is 14.2 Å². The van der Waals surface area contributed by atoms with Crippen LogP contribution in [-0.4, -0.2) is 66.8 Å². The van der Waals surface area contributed by atoms with E-state index in [1.807, 2.05) is 18.2 Å². The van der Waals surface area contributed by atoms with Crippen molar-refractivity contribution in [3.63, 3.8) is 0 Å². The molecule has 0 saturated carbocycles. The largest absolute Gasteiger partial charge is 0.390 e. The van der Waals surface area contributed by atoms with Crippen molar-refractivity contribution in [1.82, 2.24) is 24.2 Å². The molecule has 2 bridgehead atoms. The van der Waals surface area contributed by atoms with Gasteiger partial charge in [0.15, 0.2) is 0 Å². The molecule has 3 atom stereocenters. The van der Waals surface area contributed by atoms with Gasteiger partial charge in [0.1, 0.15) is 11.7 Å². The predicted octanol–water partition coefficient (Wildman–Crippen LogP) is 2.68. The molecule has 2 aliphatic heterocycles. The lowest BCUT2D eigenvalue weighted by Crippen LogP contribution is -2.49. The minimum Gasteiger partial charge on any atom is -0.390 e. The Morgan fingerprint density at radius 3 is 2.76 bits per heavy atom. The first-order valence-electron chi connectivity index (χ1n) is 12.2. The number of rotatable bonds is 8. The van der Waals surface area contributed by atoms with Gasteiger partial charge in [0.05, 0.1) is 37.2 Å². The second-order valence-electron chi connectivity index (χ2n) is 9.57. The summed E-state index contributed by atoms with van der Waals surface area (Å²) < 4.78 is 22.9. The zero-order chi connectivity index (χ0) is 23.7. The molecule has 5 rings (SSSR count). The summed E-state index contributed by atoms with van der Waals surface area (Å²) in [5.41, 5.74) is 1.05. The molecule has 9 heteroatoms. The molecule has 4 heterocycles. The number of aryl methyl sites for hydroxylation is 1. The number of piperidine rings is 1. The van der Waals surface area contributed by atoms with E-state index < -0.39 is 6.10 Å². The molecule has 3 unspecified atom stereocenters. The maximum atomic E-state index is 14.0. The molecule has 2 aromatic heterocycles. The number of ether oxygens (including phenoxy) is 1. The average Bonchev–Trinajstić information content (AvgIpc) is 3.22. The summed E-state index contributed by atoms with van der Waals surface area (Å²) in [6.07, 6.45) is 11.7. The Balaban J connectivity index is 1.18. The first-order valence-corrected chi connectivity index (χ1v) is 12.2. The van der Waals surface area contributed by atoms with Crippen molar-refractivity contribution in [1.29, 1.82) is 0 Å². The van der Waals surface area contributed by atoms with E-state index in [1.165, 1.54) is 9.25 Å². The van der Waals surface area contributed by atoms with E-state index in [0.29, 0.717) is 48.7 Å². The fourth-order valence-corrected chi connectivity index (χ4v) is 5.60. The summed E-state index contributed by atoms with van der Waals surface area (Å²) in [6.45, 7) is 2.74. The quantitative estimate of drug-likeness (QED) is 0.640. The van der Waals surface area contributed by atoms with Crippen LogP contribution in [0.2, 0.25) is 0 Å². The Labute approximate surface area is 198 Å². The van der Waals surface area contributed by atoms with Gasteiger partial charge in [0, 0.05) is 36.8 Å². The van der Waals surface area contributed by atoms with Crippen LogP contribution in [-0.2, 0) is 11.3 Å². The summed E-state index contributed by atoms with van der Waals surface area (Å²) in [5, 5.41) is 15.2. The second kappa shape index (κ2) is 9.93. The minimum atomic E-state index is -0.707. The number of halogens is 1. The lowest BCUT2D eigenvalue weighted by Gasteiger charge is -2.39. The van der Waals surface area contributed by atoms with Gasteiger partial charge < -0.3 is 9.84 Å². The van der Waals surface area contributed by atoms with Gasteiger partial charge in [-0.2, -0.15) is 5.10 Å². The lowest BCUT2D eigenvalue weighted by atomic mass is 9.99. The van der Waals surface area contributed by atoms with Crippen LogP contribution in [0.1, 0.15) is 44.3 Å². The molecule has 1 aliphatic carbocycles. The zero-order valence-corrected chi connectivity index (χ0v) is 19.5. The number of pyridine rings is 1. The van der Waals surface area contributed by atoms with Crippen LogP contribution < -0.4 is 5.69 Å². The number of aliphatic hydroxyl groups is 1. The van der Waals surface area contributed by atoms with Crippen molar-refractivity contribution >= 4 is 0 Å². The number of aliphatic hydroxyl groups excluding tert-OH is 1. The Hall–Kier alpha value is -2.62. The van der Waals surface area contributed by atoms with Gasteiger partial charge in [-0.05, 0) is 51.2 Å². The third kappa shape index (κ3) is 4.78. The minimum absolute atomic E-state index is 0.0533. The smallest absolute Gasteiger partial charge is 0.350 e. The highest BCUT2D eigenvalue weighted by Crippen LogP contribution is 2.37. The van der Waals surface area contributed by atoms with Crippen molar-refractivity contribution in [2.45, 2.75) is 76.3 Å². The summed E-state index contributed by atoms with van der Waals surface area (Å²) in [5.74, 6) is 0.505. The van der Waals surface area contributed by atoms with Gasteiger partial charge >= 0.3 is 5.69 Å². The molecule has 2 fully saturated rings. The molecular formula is C25H32FN5O3. The monoisotopic (exact) mass is 469 g/mol. The van der Waals surface area contributed by atoms with Crippen LogP contribution in [0, 0.1) is 6.92 Å². The molecule has 0 radical (unpaired) electrons. The standard InChI is InChI=1S/C25H32FN5O3/c1-17-28-30(25(33)31(17)21-6-4-10-27-13-21)15-22(32)14-29-19-8-9-20(29)12-23(11-19)34-16-18-5-2-3-7-24(18)26/h2,4-6,10,13,19-20,22-23,32H,3,7-9,11-12,14-16H2,1H3. The van der Waals surface area contributed by atoms with E-state index >= 15 is 0 Å². The van der Waals surface area contributed by atoms with Gasteiger partial charge in [-0.3, -0.25) is 9.88 Å². The van der Waals surface area contributed by atoms with Gasteiger partial charge in [0.25, 0.3) is 0 Å². The van der Waals surface area contributed by atoms with Crippen LogP contribution >= 0.6 is 0 Å². The molecular weight excluding hydrogens is 437 g/mol. The van der Waals surface area contributed by atoms with Crippen LogP contribution in [0.3, 0.4) is 0 Å². The highest BCUT2D eigenvalue weighted by atomic mass is 19.1. The van der Waals surface area contributed by atoms with Crippen LogP contribution in [0.15, 0.2) is 52.9 Å². The molecule has 1 N–H and O–H groups in total. The maximum absolute atomic E-state index is 14.0. The molecule has 0 amide bonds. The van der Waals surface area contributed by atoms with Crippen molar-refractivity contribution in [2.75, 3.05) is 13.2 Å². The summed E-state index contributed by atoms with van der Waals surface area (Å²) in [6, 6.07) is 4.26. The molecule has 0 aromatic carbocycles. The third-order valence-electron chi connectivity index (χ3n) is 7.22. The van der Waals surface area contributed by atoms with E-state index in [1.54, 1.807) is 25.4 Å². The summed E-state index contributed by atoms with van der Waals surface area (Å²) in [7, 11) is 0. The van der Waals surface area contributed by atoms with E-state index in [9.17, 15) is 14.3 Å². The van der Waals surface area contributed by atoms with E-state index in [2.05, 4.69) is 15.0 Å². The zero-order valence-electron chi connectivity index (χ0n) is 19.5. The predicted molar refractivity (Wildman–Crippen MR) is 125 cm³/mol. The first kappa shape index (κ1) is 23.1. The number of allylic oxidation sites excluding steroid dienone is 2.